The maximum absolute atomic E-state index is 12.0. The van der Waals surface area contributed by atoms with Gasteiger partial charge in [-0.05, 0) is 18.9 Å². The fourth-order valence-electron chi connectivity index (χ4n) is 1.79. The van der Waals surface area contributed by atoms with Crippen LogP contribution in [0, 0.1) is 6.92 Å². The summed E-state index contributed by atoms with van der Waals surface area (Å²) >= 11 is 1.62. The predicted octanol–water partition coefficient (Wildman–Crippen LogP) is 3.17. The van der Waals surface area contributed by atoms with Crippen LogP contribution in [0.3, 0.4) is 0 Å². The van der Waals surface area contributed by atoms with Crippen LogP contribution >= 0.6 is 36.2 Å². The van der Waals surface area contributed by atoms with Crippen LogP contribution in [0.2, 0.25) is 0 Å². The number of nitrogens with one attached hydrogen (secondary N) is 1. The lowest BCUT2D eigenvalue weighted by atomic mass is 10.1. The second kappa shape index (κ2) is 9.79. The number of benzene rings is 1. The molecule has 0 aliphatic carbocycles. The van der Waals surface area contributed by atoms with Gasteiger partial charge >= 0.3 is 0 Å². The van der Waals surface area contributed by atoms with Gasteiger partial charge in [0, 0.05) is 11.1 Å². The second-order valence-corrected chi connectivity index (χ2v) is 5.88. The average molecular weight is 362 g/mol. The Balaban J connectivity index is 0.00000220. The van der Waals surface area contributed by atoms with Crippen molar-refractivity contribution in [3.8, 4) is 0 Å². The monoisotopic (exact) mass is 361 g/mol. The van der Waals surface area contributed by atoms with Gasteiger partial charge in [0.15, 0.2) is 0 Å². The summed E-state index contributed by atoms with van der Waals surface area (Å²) in [6.07, 6.45) is 2.82. The zero-order chi connectivity index (χ0) is 14.5. The lowest BCUT2D eigenvalue weighted by Gasteiger charge is -2.12. The molecule has 0 bridgehead atoms. The summed E-state index contributed by atoms with van der Waals surface area (Å²) in [4.78, 5) is 17.5. The van der Waals surface area contributed by atoms with Crippen molar-refractivity contribution >= 4 is 42.1 Å². The molecule has 0 aliphatic rings. The number of hydrogen-bond acceptors (Lipinski definition) is 4. The standard InChI is InChI=1S/C15H19N3OS.2ClH/c1-3-12-8-17-13(20-12)9-18-15(19)14(16)11-6-4-10(2)5-7-11;;/h4-8,14H,3,9,16H2,1-2H3,(H,18,19);2*1H. The lowest BCUT2D eigenvalue weighted by Crippen LogP contribution is -2.33. The third-order valence-corrected chi connectivity index (χ3v) is 4.22. The molecule has 0 saturated carbocycles. The van der Waals surface area contributed by atoms with Gasteiger partial charge in [0.25, 0.3) is 0 Å². The second-order valence-electron chi connectivity index (χ2n) is 4.68. The Morgan fingerprint density at radius 3 is 2.50 bits per heavy atom. The first-order valence-corrected chi connectivity index (χ1v) is 7.45. The number of amides is 1. The van der Waals surface area contributed by atoms with Crippen LogP contribution in [0.4, 0.5) is 0 Å². The van der Waals surface area contributed by atoms with Crippen molar-refractivity contribution in [3.05, 3.63) is 51.5 Å². The van der Waals surface area contributed by atoms with Gasteiger partial charge in [0.05, 0.1) is 6.54 Å². The zero-order valence-corrected chi connectivity index (χ0v) is 15.0. The molecule has 2 rings (SSSR count). The maximum Gasteiger partial charge on any atom is 0.241 e. The van der Waals surface area contributed by atoms with Crippen molar-refractivity contribution in [1.29, 1.82) is 0 Å². The van der Waals surface area contributed by atoms with E-state index in [0.717, 1.165) is 22.6 Å². The molecule has 1 aromatic carbocycles. The highest BCUT2D eigenvalue weighted by Gasteiger charge is 2.15. The van der Waals surface area contributed by atoms with Crippen molar-refractivity contribution in [2.24, 2.45) is 5.73 Å². The molecule has 0 saturated heterocycles. The Bertz CT molecular complexity index is 587. The predicted molar refractivity (Wildman–Crippen MR) is 95.9 cm³/mol. The number of carbonyl (C=O) groups excluding carboxylic acids is 1. The summed E-state index contributed by atoms with van der Waals surface area (Å²) in [6, 6.07) is 7.05. The van der Waals surface area contributed by atoms with Crippen LogP contribution in [-0.2, 0) is 17.8 Å². The van der Waals surface area contributed by atoms with Crippen molar-refractivity contribution in [2.75, 3.05) is 0 Å². The molecule has 0 radical (unpaired) electrons. The van der Waals surface area contributed by atoms with Crippen molar-refractivity contribution in [1.82, 2.24) is 10.3 Å². The van der Waals surface area contributed by atoms with Gasteiger partial charge in [-0.3, -0.25) is 4.79 Å². The van der Waals surface area contributed by atoms with Crippen LogP contribution in [0.25, 0.3) is 0 Å². The van der Waals surface area contributed by atoms with E-state index in [1.165, 1.54) is 4.88 Å². The number of thiazole rings is 1. The maximum atomic E-state index is 12.0. The molecule has 0 aliphatic heterocycles. The lowest BCUT2D eigenvalue weighted by molar-refractivity contribution is -0.122. The Morgan fingerprint density at radius 2 is 1.95 bits per heavy atom. The number of rotatable bonds is 5. The van der Waals surface area contributed by atoms with E-state index in [1.54, 1.807) is 11.3 Å². The first-order valence-electron chi connectivity index (χ1n) is 6.63. The fraction of sp³-hybridized carbons (Fsp3) is 0.333. The fourth-order valence-corrected chi connectivity index (χ4v) is 2.59. The highest BCUT2D eigenvalue weighted by molar-refractivity contribution is 7.11. The number of nitrogens with two attached hydrogens (primary N) is 1. The van der Waals surface area contributed by atoms with Crippen molar-refractivity contribution < 1.29 is 4.79 Å². The van der Waals surface area contributed by atoms with E-state index in [0.29, 0.717) is 6.54 Å². The largest absolute Gasteiger partial charge is 0.348 e. The number of halogens is 2. The zero-order valence-electron chi connectivity index (χ0n) is 12.5. The van der Waals surface area contributed by atoms with E-state index in [4.69, 9.17) is 5.73 Å². The molecule has 1 heterocycles. The Kier molecular flexibility index (Phi) is 9.28. The number of aryl methyl sites for hydroxylation is 2. The summed E-state index contributed by atoms with van der Waals surface area (Å²) in [6.45, 7) is 4.52. The number of nitrogens with zero attached hydrogens (tertiary/aromatic N) is 1. The minimum atomic E-state index is -0.638. The van der Waals surface area contributed by atoms with Gasteiger partial charge in [-0.15, -0.1) is 36.2 Å². The highest BCUT2D eigenvalue weighted by Crippen LogP contribution is 2.14. The molecule has 4 nitrogen and oxygen atoms in total. The van der Waals surface area contributed by atoms with Gasteiger partial charge in [0.2, 0.25) is 5.91 Å². The quantitative estimate of drug-likeness (QED) is 0.859. The molecule has 1 amide bonds. The van der Waals surface area contributed by atoms with Crippen LogP contribution in [0.1, 0.15) is 34.0 Å². The molecular weight excluding hydrogens is 341 g/mol. The summed E-state index contributed by atoms with van der Waals surface area (Å²) < 4.78 is 0. The van der Waals surface area contributed by atoms with E-state index in [2.05, 4.69) is 17.2 Å². The topological polar surface area (TPSA) is 68.0 Å². The molecule has 0 spiro atoms. The first-order chi connectivity index (χ1) is 9.60. The molecular formula is C15H21Cl2N3OS. The molecule has 2 aromatic rings. The molecule has 1 unspecified atom stereocenters. The molecule has 1 atom stereocenters. The van der Waals surface area contributed by atoms with Gasteiger partial charge < -0.3 is 11.1 Å². The Morgan fingerprint density at radius 1 is 1.32 bits per heavy atom. The van der Waals surface area contributed by atoms with Crippen LogP contribution in [0.5, 0.6) is 0 Å². The molecule has 0 fully saturated rings. The Hall–Kier alpha value is -1.14. The van der Waals surface area contributed by atoms with Crippen LogP contribution < -0.4 is 11.1 Å². The molecule has 22 heavy (non-hydrogen) atoms. The van der Waals surface area contributed by atoms with Gasteiger partial charge in [0.1, 0.15) is 11.0 Å². The van der Waals surface area contributed by atoms with E-state index in [-0.39, 0.29) is 30.7 Å². The van der Waals surface area contributed by atoms with Crippen LogP contribution in [-0.4, -0.2) is 10.9 Å². The van der Waals surface area contributed by atoms with Gasteiger partial charge in [-0.25, -0.2) is 4.98 Å². The molecule has 122 valence electrons. The number of aromatic nitrogens is 1. The van der Waals surface area contributed by atoms with E-state index < -0.39 is 6.04 Å². The van der Waals surface area contributed by atoms with Crippen LogP contribution in [0.15, 0.2) is 30.5 Å². The minimum absolute atomic E-state index is 0. The highest BCUT2D eigenvalue weighted by atomic mass is 35.5. The molecule has 3 N–H and O–H groups in total. The third kappa shape index (κ3) is 5.57. The van der Waals surface area contributed by atoms with Crippen molar-refractivity contribution in [3.63, 3.8) is 0 Å². The number of carbonyl (C=O) groups is 1. The third-order valence-electron chi connectivity index (χ3n) is 3.08. The van der Waals surface area contributed by atoms with E-state index >= 15 is 0 Å². The smallest absolute Gasteiger partial charge is 0.241 e. The van der Waals surface area contributed by atoms with E-state index in [9.17, 15) is 4.79 Å². The van der Waals surface area contributed by atoms with E-state index in [1.807, 2.05) is 37.4 Å². The van der Waals surface area contributed by atoms with Crippen molar-refractivity contribution in [2.45, 2.75) is 32.9 Å². The summed E-state index contributed by atoms with van der Waals surface area (Å²) in [5, 5.41) is 3.74. The summed E-state index contributed by atoms with van der Waals surface area (Å²) in [7, 11) is 0. The van der Waals surface area contributed by atoms with Gasteiger partial charge in [-0.1, -0.05) is 36.8 Å². The summed E-state index contributed by atoms with van der Waals surface area (Å²) in [5.41, 5.74) is 7.93. The Labute approximate surface area is 147 Å². The normalized spacial score (nSPS) is 11.0. The number of hydrogen-bond donors (Lipinski definition) is 2. The molecule has 7 heteroatoms. The average Bonchev–Trinajstić information content (AvgIpc) is 2.93. The minimum Gasteiger partial charge on any atom is -0.348 e. The molecule has 1 aromatic heterocycles. The SMILES string of the molecule is CCc1cnc(CNC(=O)C(N)c2ccc(C)cc2)s1.Cl.Cl. The van der Waals surface area contributed by atoms with Gasteiger partial charge in [-0.2, -0.15) is 0 Å². The first kappa shape index (κ1) is 20.9. The summed E-state index contributed by atoms with van der Waals surface area (Å²) in [5.74, 6) is -0.179.